The van der Waals surface area contributed by atoms with Gasteiger partial charge in [-0.3, -0.25) is 13.8 Å². The Bertz CT molecular complexity index is 1210. The molecule has 0 spiro atoms. The van der Waals surface area contributed by atoms with Gasteiger partial charge >= 0.3 is 0 Å². The minimum Gasteiger partial charge on any atom is -0.398 e. The number of benzene rings is 3. The van der Waals surface area contributed by atoms with Crippen molar-refractivity contribution < 1.29 is 22.2 Å². The summed E-state index contributed by atoms with van der Waals surface area (Å²) < 4.78 is 29.5. The highest BCUT2D eigenvalue weighted by Crippen LogP contribution is 2.27. The van der Waals surface area contributed by atoms with Gasteiger partial charge in [-0.05, 0) is 31.2 Å². The normalized spacial score (nSPS) is 11.3. The predicted octanol–water partition coefficient (Wildman–Crippen LogP) is 4.05. The number of nitrogens with two attached hydrogens (primary N) is 1. The van der Waals surface area contributed by atoms with Crippen molar-refractivity contribution in [2.24, 2.45) is 0 Å². The second-order valence-electron chi connectivity index (χ2n) is 6.56. The van der Waals surface area contributed by atoms with Gasteiger partial charge in [-0.25, -0.2) is 0 Å². The Morgan fingerprint density at radius 2 is 1.57 bits per heavy atom. The van der Waals surface area contributed by atoms with Crippen LogP contribution in [0.15, 0.2) is 71.6 Å². The van der Waals surface area contributed by atoms with Crippen molar-refractivity contribution in [2.45, 2.75) is 11.8 Å². The van der Waals surface area contributed by atoms with Gasteiger partial charge < -0.3 is 5.73 Å². The van der Waals surface area contributed by atoms with E-state index >= 15 is 0 Å². The van der Waals surface area contributed by atoms with Gasteiger partial charge in [0.2, 0.25) is 0 Å². The van der Waals surface area contributed by atoms with Crippen LogP contribution in [0.5, 0.6) is 0 Å². The average Bonchev–Trinajstić information content (AvgIpc) is 2.74. The van der Waals surface area contributed by atoms with Crippen LogP contribution >= 0.6 is 11.6 Å². The van der Waals surface area contributed by atoms with Crippen LogP contribution in [-0.4, -0.2) is 26.6 Å². The summed E-state index contributed by atoms with van der Waals surface area (Å²) in [5, 5.41) is 0.119. The molecule has 154 valence electrons. The number of anilines is 1. The fourth-order valence-electron chi connectivity index (χ4n) is 2.76. The molecular weight excluding hydrogens is 426 g/mol. The van der Waals surface area contributed by atoms with Crippen molar-refractivity contribution in [1.82, 2.24) is 0 Å². The summed E-state index contributed by atoms with van der Waals surface area (Å²) >= 11 is 6.08. The summed E-state index contributed by atoms with van der Waals surface area (Å²) in [5.74, 6) is -1.12. The summed E-state index contributed by atoms with van der Waals surface area (Å²) in [6, 6.07) is 17.0. The minimum atomic E-state index is -4.13. The zero-order valence-corrected chi connectivity index (χ0v) is 17.5. The van der Waals surface area contributed by atoms with E-state index in [9.17, 15) is 18.0 Å². The maximum atomic E-state index is 12.7. The van der Waals surface area contributed by atoms with Gasteiger partial charge in [0.05, 0.1) is 10.6 Å². The topological polar surface area (TPSA) is 104 Å². The SMILES string of the molecule is Cc1ccc(S(=O)(=O)OCC(=O)c2cc(Cl)cc(C(=O)c3ccccc3)c2N)cc1. The number of carbonyl (C=O) groups is 2. The van der Waals surface area contributed by atoms with Gasteiger partial charge in [0, 0.05) is 21.7 Å². The van der Waals surface area contributed by atoms with Crippen molar-refractivity contribution in [3.8, 4) is 0 Å². The Labute approximate surface area is 179 Å². The van der Waals surface area contributed by atoms with Crippen LogP contribution < -0.4 is 5.73 Å². The largest absolute Gasteiger partial charge is 0.398 e. The summed E-state index contributed by atoms with van der Waals surface area (Å²) in [6.07, 6.45) is 0. The number of hydrogen-bond donors (Lipinski definition) is 1. The van der Waals surface area contributed by atoms with Crippen LogP contribution in [0.1, 0.15) is 31.8 Å². The van der Waals surface area contributed by atoms with Crippen LogP contribution in [0.3, 0.4) is 0 Å². The lowest BCUT2D eigenvalue weighted by molar-refractivity contribution is 0.0925. The molecule has 6 nitrogen and oxygen atoms in total. The van der Waals surface area contributed by atoms with E-state index in [1.54, 1.807) is 42.5 Å². The van der Waals surface area contributed by atoms with E-state index in [2.05, 4.69) is 0 Å². The number of hydrogen-bond acceptors (Lipinski definition) is 6. The van der Waals surface area contributed by atoms with E-state index in [0.29, 0.717) is 5.56 Å². The third-order valence-electron chi connectivity index (χ3n) is 4.38. The number of nitrogen functional groups attached to an aromatic ring is 1. The molecule has 8 heteroatoms. The lowest BCUT2D eigenvalue weighted by Crippen LogP contribution is -2.17. The average molecular weight is 444 g/mol. The molecule has 0 aromatic heterocycles. The highest BCUT2D eigenvalue weighted by Gasteiger charge is 2.22. The minimum absolute atomic E-state index is 0.0541. The first-order valence-corrected chi connectivity index (χ1v) is 10.7. The van der Waals surface area contributed by atoms with Crippen LogP contribution in [0.2, 0.25) is 5.02 Å². The van der Waals surface area contributed by atoms with E-state index in [1.165, 1.54) is 24.3 Å². The fraction of sp³-hybridized carbons (Fsp3) is 0.0909. The second kappa shape index (κ2) is 8.79. The molecule has 0 unspecified atom stereocenters. The molecule has 0 fully saturated rings. The van der Waals surface area contributed by atoms with Crippen LogP contribution in [0, 0.1) is 6.92 Å². The lowest BCUT2D eigenvalue weighted by atomic mass is 9.97. The van der Waals surface area contributed by atoms with E-state index in [-0.39, 0.29) is 26.7 Å². The Balaban J connectivity index is 1.85. The molecule has 3 aromatic rings. The first kappa shape index (κ1) is 21.7. The smallest absolute Gasteiger partial charge is 0.297 e. The fourth-order valence-corrected chi connectivity index (χ4v) is 3.85. The zero-order valence-electron chi connectivity index (χ0n) is 16.0. The highest BCUT2D eigenvalue weighted by molar-refractivity contribution is 7.86. The highest BCUT2D eigenvalue weighted by atomic mass is 35.5. The third kappa shape index (κ3) is 4.76. The Kier molecular flexibility index (Phi) is 6.36. The molecule has 0 aliphatic rings. The molecule has 0 aliphatic heterocycles. The van der Waals surface area contributed by atoms with Crippen LogP contribution in [-0.2, 0) is 14.3 Å². The van der Waals surface area contributed by atoms with E-state index in [1.807, 2.05) is 6.92 Å². The van der Waals surface area contributed by atoms with Gasteiger partial charge in [0.25, 0.3) is 10.1 Å². The third-order valence-corrected chi connectivity index (χ3v) is 5.88. The number of carbonyl (C=O) groups excluding carboxylic acids is 2. The standard InChI is InChI=1S/C22H18ClNO5S/c1-14-7-9-17(10-8-14)30(27,28)29-13-20(25)18-11-16(23)12-19(21(18)24)22(26)15-5-3-2-4-6-15/h2-12H,13,24H2,1H3. The molecule has 0 saturated carbocycles. The molecule has 0 radical (unpaired) electrons. The summed E-state index contributed by atoms with van der Waals surface area (Å²) in [7, 11) is -4.13. The van der Waals surface area contributed by atoms with Gasteiger partial charge in [-0.2, -0.15) is 8.42 Å². The summed E-state index contributed by atoms with van der Waals surface area (Å²) in [4.78, 5) is 25.3. The molecule has 0 saturated heterocycles. The van der Waals surface area contributed by atoms with Gasteiger partial charge in [-0.15, -0.1) is 0 Å². The first-order chi connectivity index (χ1) is 14.2. The van der Waals surface area contributed by atoms with Crippen molar-refractivity contribution in [3.63, 3.8) is 0 Å². The first-order valence-electron chi connectivity index (χ1n) is 8.87. The number of Topliss-reactive ketones (excluding diaryl/α,β-unsaturated/α-hetero) is 1. The van der Waals surface area contributed by atoms with E-state index in [0.717, 1.165) is 5.56 Å². The number of aryl methyl sites for hydroxylation is 1. The lowest BCUT2D eigenvalue weighted by Gasteiger charge is -2.11. The number of rotatable bonds is 7. The van der Waals surface area contributed by atoms with Crippen molar-refractivity contribution in [3.05, 3.63) is 94.0 Å². The molecule has 30 heavy (non-hydrogen) atoms. The van der Waals surface area contributed by atoms with Crippen LogP contribution in [0.4, 0.5) is 5.69 Å². The van der Waals surface area contributed by atoms with E-state index in [4.69, 9.17) is 21.5 Å². The van der Waals surface area contributed by atoms with Crippen molar-refractivity contribution >= 4 is 39.0 Å². The molecule has 0 heterocycles. The molecule has 3 rings (SSSR count). The van der Waals surface area contributed by atoms with Crippen LogP contribution in [0.25, 0.3) is 0 Å². The molecule has 0 amide bonds. The maximum Gasteiger partial charge on any atom is 0.297 e. The molecule has 0 bridgehead atoms. The molecule has 3 aromatic carbocycles. The molecule has 0 atom stereocenters. The quantitative estimate of drug-likeness (QED) is 0.335. The monoisotopic (exact) mass is 443 g/mol. The van der Waals surface area contributed by atoms with Gasteiger partial charge in [0.1, 0.15) is 6.61 Å². The predicted molar refractivity (Wildman–Crippen MR) is 114 cm³/mol. The molecule has 0 aliphatic carbocycles. The Morgan fingerprint density at radius 1 is 0.967 bits per heavy atom. The maximum absolute atomic E-state index is 12.7. The zero-order chi connectivity index (χ0) is 21.9. The summed E-state index contributed by atoms with van der Waals surface area (Å²) in [6.45, 7) is 1.04. The molecular formula is C22H18ClNO5S. The Morgan fingerprint density at radius 3 is 2.20 bits per heavy atom. The van der Waals surface area contributed by atoms with E-state index < -0.39 is 28.3 Å². The summed E-state index contributed by atoms with van der Waals surface area (Å²) in [5.41, 5.74) is 7.20. The van der Waals surface area contributed by atoms with Gasteiger partial charge in [-0.1, -0.05) is 59.6 Å². The van der Waals surface area contributed by atoms with Crippen molar-refractivity contribution in [1.29, 1.82) is 0 Å². The number of ketones is 2. The van der Waals surface area contributed by atoms with Gasteiger partial charge in [0.15, 0.2) is 11.6 Å². The Hall–Kier alpha value is -3.00. The molecule has 2 N–H and O–H groups in total. The number of halogens is 1. The second-order valence-corrected chi connectivity index (χ2v) is 8.61. The van der Waals surface area contributed by atoms with Crippen molar-refractivity contribution in [2.75, 3.05) is 12.3 Å².